The molecule has 0 aliphatic carbocycles. The van der Waals surface area contributed by atoms with E-state index >= 15 is 0 Å². The minimum atomic E-state index is -4.44. The summed E-state index contributed by atoms with van der Waals surface area (Å²) in [6, 6.07) is 12.1. The van der Waals surface area contributed by atoms with E-state index in [0.717, 1.165) is 4.90 Å². The zero-order chi connectivity index (χ0) is 25.0. The Bertz CT molecular complexity index is 1240. The average molecular weight is 502 g/mol. The molecule has 0 spiro atoms. The Morgan fingerprint density at radius 1 is 0.971 bits per heavy atom. The number of carbonyl (C=O) groups excluding carboxylic acids is 3. The topological polar surface area (TPSA) is 108 Å². The maximum atomic E-state index is 12.8. The lowest BCUT2D eigenvalue weighted by Crippen LogP contribution is -2.32. The van der Waals surface area contributed by atoms with Crippen molar-refractivity contribution in [2.24, 2.45) is 0 Å². The summed E-state index contributed by atoms with van der Waals surface area (Å²) >= 11 is -0.281. The second kappa shape index (κ2) is 10.0. The molecule has 180 valence electrons. The van der Waals surface area contributed by atoms with Crippen molar-refractivity contribution in [1.29, 1.82) is 0 Å². The van der Waals surface area contributed by atoms with Crippen LogP contribution in [0, 0.1) is 0 Å². The Kier molecular flexibility index (Phi) is 6.87. The van der Waals surface area contributed by atoms with E-state index in [1.165, 1.54) is 41.6 Å². The number of carbonyl (C=O) groups is 3. The van der Waals surface area contributed by atoms with Crippen LogP contribution in [0.3, 0.4) is 0 Å². The number of pyridine rings is 2. The number of hydrogen-bond donors (Lipinski definition) is 2. The van der Waals surface area contributed by atoms with Crippen LogP contribution in [0.4, 0.5) is 40.1 Å². The molecule has 0 radical (unpaired) electrons. The van der Waals surface area contributed by atoms with Gasteiger partial charge in [0.25, 0.3) is 5.91 Å². The third kappa shape index (κ3) is 6.26. The van der Waals surface area contributed by atoms with Crippen LogP contribution in [0.15, 0.2) is 71.9 Å². The van der Waals surface area contributed by atoms with Crippen molar-refractivity contribution < 1.29 is 27.6 Å². The van der Waals surface area contributed by atoms with E-state index in [4.69, 9.17) is 0 Å². The van der Waals surface area contributed by atoms with Crippen LogP contribution >= 0.6 is 11.8 Å². The zero-order valence-electron chi connectivity index (χ0n) is 17.8. The van der Waals surface area contributed by atoms with Gasteiger partial charge in [0.1, 0.15) is 18.2 Å². The summed E-state index contributed by atoms with van der Waals surface area (Å²) in [5, 5.41) is 5.12. The van der Waals surface area contributed by atoms with Crippen molar-refractivity contribution in [2.45, 2.75) is 16.9 Å². The molecule has 0 unspecified atom stereocenters. The van der Waals surface area contributed by atoms with Crippen LogP contribution in [-0.2, 0) is 11.3 Å². The van der Waals surface area contributed by atoms with Crippen LogP contribution in [0.2, 0.25) is 0 Å². The average Bonchev–Trinajstić information content (AvgIpc) is 3.07. The molecule has 1 saturated heterocycles. The lowest BCUT2D eigenvalue weighted by atomic mass is 10.2. The summed E-state index contributed by atoms with van der Waals surface area (Å²) in [6.45, 7) is -0.148. The molecule has 35 heavy (non-hydrogen) atoms. The first-order valence-electron chi connectivity index (χ1n) is 10.1. The SMILES string of the molecule is O=C(Nc1ccccn1)Nc1cc(CN2CC(=O)N(c3ccc(SC(F)(F)F)cc3)C2=O)ccn1. The van der Waals surface area contributed by atoms with E-state index in [-0.39, 0.29) is 41.3 Å². The minimum Gasteiger partial charge on any atom is -0.310 e. The second-order valence-electron chi connectivity index (χ2n) is 7.25. The predicted molar refractivity (Wildman–Crippen MR) is 123 cm³/mol. The normalized spacial score (nSPS) is 13.8. The number of halogens is 3. The fourth-order valence-corrected chi connectivity index (χ4v) is 3.83. The molecular weight excluding hydrogens is 485 g/mol. The monoisotopic (exact) mass is 502 g/mol. The molecule has 3 heterocycles. The molecule has 3 aromatic rings. The largest absolute Gasteiger partial charge is 0.446 e. The van der Waals surface area contributed by atoms with Gasteiger partial charge in [-0.15, -0.1) is 0 Å². The Morgan fingerprint density at radius 3 is 2.37 bits per heavy atom. The highest BCUT2D eigenvalue weighted by atomic mass is 32.2. The first-order valence-corrected chi connectivity index (χ1v) is 10.9. The van der Waals surface area contributed by atoms with Crippen LogP contribution in [0.25, 0.3) is 0 Å². The Morgan fingerprint density at radius 2 is 1.69 bits per heavy atom. The molecule has 0 saturated carbocycles. The summed E-state index contributed by atoms with van der Waals surface area (Å²) < 4.78 is 37.6. The van der Waals surface area contributed by atoms with Gasteiger partial charge in [0, 0.05) is 23.8 Å². The van der Waals surface area contributed by atoms with Crippen molar-refractivity contribution in [3.05, 3.63) is 72.6 Å². The van der Waals surface area contributed by atoms with Gasteiger partial charge < -0.3 is 4.90 Å². The van der Waals surface area contributed by atoms with Crippen molar-refractivity contribution in [2.75, 3.05) is 22.1 Å². The van der Waals surface area contributed by atoms with Crippen molar-refractivity contribution in [3.63, 3.8) is 0 Å². The first kappa shape index (κ1) is 24.0. The molecular formula is C22H17F3N6O3S. The molecule has 2 aromatic heterocycles. The lowest BCUT2D eigenvalue weighted by Gasteiger charge is -2.18. The highest BCUT2D eigenvalue weighted by Crippen LogP contribution is 2.37. The van der Waals surface area contributed by atoms with Crippen LogP contribution < -0.4 is 15.5 Å². The van der Waals surface area contributed by atoms with Gasteiger partial charge in [-0.05, 0) is 65.9 Å². The standard InChI is InChI=1S/C22H17F3N6O3S/c23-22(24,25)35-16-6-4-15(5-7-16)31-19(32)13-30(21(31)34)12-14-8-10-27-18(11-14)29-20(33)28-17-3-1-2-9-26-17/h1-11H,12-13H2,(H2,26,27,28,29,33). The molecule has 1 aliphatic heterocycles. The predicted octanol–water partition coefficient (Wildman–Crippen LogP) is 4.70. The third-order valence-corrected chi connectivity index (χ3v) is 5.45. The van der Waals surface area contributed by atoms with Gasteiger partial charge in [0.05, 0.1) is 5.69 Å². The summed E-state index contributed by atoms with van der Waals surface area (Å²) in [5.74, 6) is 0.0735. The number of nitrogens with zero attached hydrogens (tertiary/aromatic N) is 4. The van der Waals surface area contributed by atoms with Crippen LogP contribution in [-0.4, -0.2) is 44.9 Å². The number of urea groups is 2. The quantitative estimate of drug-likeness (QED) is 0.374. The fourth-order valence-electron chi connectivity index (χ4n) is 3.29. The highest BCUT2D eigenvalue weighted by Gasteiger charge is 2.37. The fraction of sp³-hybridized carbons (Fsp3) is 0.136. The molecule has 1 aromatic carbocycles. The number of aromatic nitrogens is 2. The van der Waals surface area contributed by atoms with E-state index in [2.05, 4.69) is 20.6 Å². The van der Waals surface area contributed by atoms with Gasteiger partial charge in [-0.2, -0.15) is 13.2 Å². The van der Waals surface area contributed by atoms with Gasteiger partial charge in [0.15, 0.2) is 0 Å². The molecule has 2 N–H and O–H groups in total. The van der Waals surface area contributed by atoms with E-state index in [1.807, 2.05) is 0 Å². The zero-order valence-corrected chi connectivity index (χ0v) is 18.6. The van der Waals surface area contributed by atoms with Gasteiger partial charge in [-0.25, -0.2) is 24.5 Å². The van der Waals surface area contributed by atoms with E-state index in [9.17, 15) is 27.6 Å². The summed E-state index contributed by atoms with van der Waals surface area (Å²) in [6.07, 6.45) is 2.98. The molecule has 4 rings (SSSR count). The highest BCUT2D eigenvalue weighted by molar-refractivity contribution is 8.00. The Labute approximate surface area is 201 Å². The molecule has 0 atom stereocenters. The number of amides is 5. The van der Waals surface area contributed by atoms with Crippen LogP contribution in [0.5, 0.6) is 0 Å². The minimum absolute atomic E-state index is 0.0545. The number of thioether (sulfide) groups is 1. The number of nitrogens with one attached hydrogen (secondary N) is 2. The number of alkyl halides is 3. The number of rotatable bonds is 6. The second-order valence-corrected chi connectivity index (χ2v) is 8.39. The maximum absolute atomic E-state index is 12.8. The smallest absolute Gasteiger partial charge is 0.310 e. The molecule has 0 bridgehead atoms. The van der Waals surface area contributed by atoms with Gasteiger partial charge in [-0.1, -0.05) is 6.07 Å². The first-order chi connectivity index (χ1) is 16.7. The number of imide groups is 1. The number of hydrogen-bond acceptors (Lipinski definition) is 6. The summed E-state index contributed by atoms with van der Waals surface area (Å²) in [4.78, 5) is 47.7. The molecule has 9 nitrogen and oxygen atoms in total. The number of benzene rings is 1. The number of anilines is 3. The maximum Gasteiger partial charge on any atom is 0.446 e. The lowest BCUT2D eigenvalue weighted by molar-refractivity contribution is -0.116. The Balaban J connectivity index is 1.39. The summed E-state index contributed by atoms with van der Waals surface area (Å²) in [5.41, 5.74) is -3.65. The summed E-state index contributed by atoms with van der Waals surface area (Å²) in [7, 11) is 0. The van der Waals surface area contributed by atoms with Crippen molar-refractivity contribution >= 4 is 47.1 Å². The van der Waals surface area contributed by atoms with E-state index < -0.39 is 23.5 Å². The van der Waals surface area contributed by atoms with E-state index in [0.29, 0.717) is 11.4 Å². The van der Waals surface area contributed by atoms with Gasteiger partial charge >= 0.3 is 17.6 Å². The molecule has 13 heteroatoms. The van der Waals surface area contributed by atoms with E-state index in [1.54, 1.807) is 30.3 Å². The van der Waals surface area contributed by atoms with Crippen molar-refractivity contribution in [3.8, 4) is 0 Å². The molecule has 5 amide bonds. The third-order valence-electron chi connectivity index (χ3n) is 4.71. The van der Waals surface area contributed by atoms with Crippen molar-refractivity contribution in [1.82, 2.24) is 14.9 Å². The van der Waals surface area contributed by atoms with Gasteiger partial charge in [-0.3, -0.25) is 15.4 Å². The van der Waals surface area contributed by atoms with Crippen LogP contribution in [0.1, 0.15) is 5.56 Å². The molecule has 1 fully saturated rings. The van der Waals surface area contributed by atoms with Gasteiger partial charge in [0.2, 0.25) is 0 Å². The Hall–Kier alpha value is -4.13. The molecule has 1 aliphatic rings.